The summed E-state index contributed by atoms with van der Waals surface area (Å²) < 4.78 is 6.42. The number of hydrogen-bond donors (Lipinski definition) is 2. The van der Waals surface area contributed by atoms with Crippen molar-refractivity contribution in [1.29, 1.82) is 0 Å². The van der Waals surface area contributed by atoms with Gasteiger partial charge in [0.15, 0.2) is 11.6 Å². The number of aromatic nitrogens is 6. The molecule has 6 rings (SSSR count). The Morgan fingerprint density at radius 1 is 1.08 bits per heavy atom. The summed E-state index contributed by atoms with van der Waals surface area (Å²) in [6.45, 7) is 4.21. The van der Waals surface area contributed by atoms with Crippen molar-refractivity contribution in [2.75, 3.05) is 6.54 Å². The molecule has 0 aliphatic carbocycles. The van der Waals surface area contributed by atoms with Crippen LogP contribution in [0.15, 0.2) is 60.8 Å². The Morgan fingerprint density at radius 3 is 2.67 bits per heavy atom. The summed E-state index contributed by atoms with van der Waals surface area (Å²) in [5.74, 6) is 3.53. The minimum absolute atomic E-state index is 0.0556. The minimum atomic E-state index is -0.0556. The summed E-state index contributed by atoms with van der Waals surface area (Å²) >= 11 is 0. The Morgan fingerprint density at radius 2 is 1.94 bits per heavy atom. The largest absolute Gasteiger partial charge is 0.457 e. The van der Waals surface area contributed by atoms with Crippen LogP contribution in [-0.4, -0.2) is 47.5 Å². The van der Waals surface area contributed by atoms with E-state index >= 15 is 0 Å². The number of nitrogens with zero attached hydrogens (tertiary/aromatic N) is 5. The van der Waals surface area contributed by atoms with Gasteiger partial charge in [0.05, 0.1) is 17.1 Å². The highest BCUT2D eigenvalue weighted by Crippen LogP contribution is 2.41. The Balaban J connectivity index is 1.40. The van der Waals surface area contributed by atoms with E-state index in [1.807, 2.05) is 60.4 Å². The number of aromatic amines is 2. The summed E-state index contributed by atoms with van der Waals surface area (Å²) in [6.07, 6.45) is 3.58. The van der Waals surface area contributed by atoms with Gasteiger partial charge in [0.2, 0.25) is 5.91 Å². The number of likely N-dealkylation sites (tertiary alicyclic amines) is 1. The molecule has 2 aromatic carbocycles. The molecule has 3 aromatic heterocycles. The van der Waals surface area contributed by atoms with Gasteiger partial charge in [0.25, 0.3) is 0 Å². The Kier molecular flexibility index (Phi) is 5.44. The third-order valence-corrected chi connectivity index (χ3v) is 6.49. The molecule has 5 aromatic rings. The van der Waals surface area contributed by atoms with Crippen LogP contribution in [0.5, 0.6) is 11.5 Å². The molecule has 0 radical (unpaired) electrons. The summed E-state index contributed by atoms with van der Waals surface area (Å²) in [5, 5.41) is 7.03. The lowest BCUT2D eigenvalue weighted by Gasteiger charge is -2.25. The monoisotopic (exact) mass is 479 g/mol. The molecular formula is C27H25N7O2. The highest BCUT2D eigenvalue weighted by Gasteiger charge is 2.31. The molecule has 1 aliphatic rings. The number of ether oxygens (including phenoxy) is 1. The molecule has 0 bridgehead atoms. The zero-order chi connectivity index (χ0) is 24.6. The van der Waals surface area contributed by atoms with Crippen LogP contribution in [0.1, 0.15) is 37.2 Å². The van der Waals surface area contributed by atoms with Gasteiger partial charge in [-0.3, -0.25) is 14.9 Å². The number of benzene rings is 2. The van der Waals surface area contributed by atoms with E-state index in [0.29, 0.717) is 29.0 Å². The molecule has 9 nitrogen and oxygen atoms in total. The first-order valence-corrected chi connectivity index (χ1v) is 11.9. The Bertz CT molecular complexity index is 1540. The standard InChI is InChI=1S/C27H25N7O2/c1-16-29-26(33-32-16)18-8-10-19(11-9-18)36-25-15-23-22(30-27(31-23)21-6-3-4-12-28-21)14-20(25)24-7-5-13-34(24)17(2)35/h3-4,6,8-12,14-15,24H,5,7,13H2,1-2H3,(H,30,31)(H,29,32,33). The number of pyridine rings is 1. The van der Waals surface area contributed by atoms with Gasteiger partial charge < -0.3 is 14.6 Å². The van der Waals surface area contributed by atoms with Crippen molar-refractivity contribution < 1.29 is 9.53 Å². The van der Waals surface area contributed by atoms with Gasteiger partial charge in [-0.05, 0) is 62.2 Å². The molecule has 1 fully saturated rings. The fraction of sp³-hybridized carbons (Fsp3) is 0.222. The number of fused-ring (bicyclic) bond motifs is 1. The van der Waals surface area contributed by atoms with Crippen molar-refractivity contribution >= 4 is 16.9 Å². The third kappa shape index (κ3) is 4.08. The van der Waals surface area contributed by atoms with Crippen molar-refractivity contribution in [3.8, 4) is 34.4 Å². The van der Waals surface area contributed by atoms with Crippen LogP contribution in [-0.2, 0) is 4.79 Å². The average molecular weight is 480 g/mol. The number of rotatable bonds is 5. The van der Waals surface area contributed by atoms with Gasteiger partial charge in [-0.25, -0.2) is 9.97 Å². The van der Waals surface area contributed by atoms with E-state index in [9.17, 15) is 4.79 Å². The zero-order valence-electron chi connectivity index (χ0n) is 20.0. The molecule has 1 saturated heterocycles. The molecule has 36 heavy (non-hydrogen) atoms. The van der Waals surface area contributed by atoms with Crippen molar-refractivity contribution in [2.45, 2.75) is 32.7 Å². The number of carbonyl (C=O) groups excluding carboxylic acids is 1. The molecule has 2 N–H and O–H groups in total. The first-order valence-electron chi connectivity index (χ1n) is 11.9. The molecule has 1 atom stereocenters. The van der Waals surface area contributed by atoms with Crippen molar-refractivity contribution in [2.24, 2.45) is 0 Å². The summed E-state index contributed by atoms with van der Waals surface area (Å²) in [4.78, 5) is 31.2. The highest BCUT2D eigenvalue weighted by molar-refractivity contribution is 5.82. The van der Waals surface area contributed by atoms with E-state index in [1.54, 1.807) is 13.1 Å². The Labute approximate surface area is 207 Å². The SMILES string of the molecule is CC(=O)N1CCCC1c1cc2[nH]c(-c3ccccn3)nc2cc1Oc1ccc(-c2nc(C)n[nH]2)cc1. The molecular weight excluding hydrogens is 454 g/mol. The number of H-pyrrole nitrogens is 2. The van der Waals surface area contributed by atoms with Gasteiger partial charge in [0, 0.05) is 36.9 Å². The van der Waals surface area contributed by atoms with E-state index < -0.39 is 0 Å². The molecule has 4 heterocycles. The van der Waals surface area contributed by atoms with Gasteiger partial charge in [0.1, 0.15) is 23.0 Å². The normalized spacial score (nSPS) is 15.5. The molecule has 9 heteroatoms. The van der Waals surface area contributed by atoms with Crippen molar-refractivity contribution in [1.82, 2.24) is 35.0 Å². The van der Waals surface area contributed by atoms with Crippen LogP contribution in [0, 0.1) is 6.92 Å². The fourth-order valence-electron chi connectivity index (χ4n) is 4.78. The number of nitrogens with one attached hydrogen (secondary N) is 2. The average Bonchev–Trinajstić information content (AvgIpc) is 3.64. The van der Waals surface area contributed by atoms with E-state index in [-0.39, 0.29) is 11.9 Å². The number of hydrogen-bond acceptors (Lipinski definition) is 6. The second-order valence-electron chi connectivity index (χ2n) is 8.94. The maximum absolute atomic E-state index is 12.4. The topological polar surface area (TPSA) is 113 Å². The maximum atomic E-state index is 12.4. The minimum Gasteiger partial charge on any atom is -0.457 e. The third-order valence-electron chi connectivity index (χ3n) is 6.49. The number of aryl methyl sites for hydroxylation is 1. The quantitative estimate of drug-likeness (QED) is 0.359. The maximum Gasteiger partial charge on any atom is 0.219 e. The van der Waals surface area contributed by atoms with Crippen LogP contribution < -0.4 is 4.74 Å². The predicted molar refractivity (Wildman–Crippen MR) is 135 cm³/mol. The second-order valence-corrected chi connectivity index (χ2v) is 8.94. The predicted octanol–water partition coefficient (Wildman–Crippen LogP) is 5.19. The Hall–Kier alpha value is -4.53. The highest BCUT2D eigenvalue weighted by atomic mass is 16.5. The smallest absolute Gasteiger partial charge is 0.219 e. The van der Waals surface area contributed by atoms with Gasteiger partial charge in [-0.2, -0.15) is 5.10 Å². The van der Waals surface area contributed by atoms with Crippen LogP contribution >= 0.6 is 0 Å². The lowest BCUT2D eigenvalue weighted by Crippen LogP contribution is -2.28. The molecule has 1 aliphatic heterocycles. The van der Waals surface area contributed by atoms with Crippen LogP contribution in [0.4, 0.5) is 0 Å². The first kappa shape index (κ1) is 22.0. The fourth-order valence-corrected chi connectivity index (χ4v) is 4.78. The van der Waals surface area contributed by atoms with E-state index in [2.05, 4.69) is 31.2 Å². The van der Waals surface area contributed by atoms with Crippen LogP contribution in [0.25, 0.3) is 33.9 Å². The number of amides is 1. The van der Waals surface area contributed by atoms with Gasteiger partial charge in [-0.1, -0.05) is 6.07 Å². The lowest BCUT2D eigenvalue weighted by atomic mass is 10.0. The summed E-state index contributed by atoms with van der Waals surface area (Å²) in [6, 6.07) is 17.4. The summed E-state index contributed by atoms with van der Waals surface area (Å²) in [7, 11) is 0. The van der Waals surface area contributed by atoms with Gasteiger partial charge in [-0.15, -0.1) is 0 Å². The molecule has 1 unspecified atom stereocenters. The summed E-state index contributed by atoms with van der Waals surface area (Å²) in [5.41, 5.74) is 4.30. The lowest BCUT2D eigenvalue weighted by molar-refractivity contribution is -0.129. The molecule has 0 saturated carbocycles. The molecule has 1 amide bonds. The van der Waals surface area contributed by atoms with E-state index in [0.717, 1.165) is 47.2 Å². The molecule has 180 valence electrons. The van der Waals surface area contributed by atoms with Crippen molar-refractivity contribution in [3.63, 3.8) is 0 Å². The zero-order valence-corrected chi connectivity index (χ0v) is 20.0. The van der Waals surface area contributed by atoms with Crippen LogP contribution in [0.3, 0.4) is 0 Å². The van der Waals surface area contributed by atoms with Gasteiger partial charge >= 0.3 is 0 Å². The van der Waals surface area contributed by atoms with E-state index in [4.69, 9.17) is 9.72 Å². The second kappa shape index (κ2) is 8.92. The van der Waals surface area contributed by atoms with E-state index in [1.165, 1.54) is 0 Å². The number of carbonyl (C=O) groups is 1. The first-order chi connectivity index (χ1) is 17.5. The van der Waals surface area contributed by atoms with Crippen LogP contribution in [0.2, 0.25) is 0 Å². The van der Waals surface area contributed by atoms with Crippen molar-refractivity contribution in [3.05, 3.63) is 72.2 Å². The number of imidazole rings is 1. The molecule has 0 spiro atoms.